The predicted octanol–water partition coefficient (Wildman–Crippen LogP) is 5.67. The Hall–Kier alpha value is -3.72. The van der Waals surface area contributed by atoms with Crippen molar-refractivity contribution in [3.05, 3.63) is 94.8 Å². The molecule has 2 atom stereocenters. The Bertz CT molecular complexity index is 1440. The maximum absolute atomic E-state index is 14.1. The fourth-order valence-corrected chi connectivity index (χ4v) is 6.01. The van der Waals surface area contributed by atoms with Gasteiger partial charge in [-0.2, -0.15) is 0 Å². The quantitative estimate of drug-likeness (QED) is 0.299. The first-order chi connectivity index (χ1) is 19.3. The Balaban J connectivity index is 2.09. The molecule has 0 aromatic heterocycles. The third-order valence-corrected chi connectivity index (χ3v) is 8.82. The van der Waals surface area contributed by atoms with Gasteiger partial charge in [-0.05, 0) is 93.6 Å². The summed E-state index contributed by atoms with van der Waals surface area (Å²) in [6.07, 6.45) is 1.02. The molecular weight excluding hydrogens is 541 g/mol. The number of anilines is 1. The average Bonchev–Trinajstić information content (AvgIpc) is 2.92. The van der Waals surface area contributed by atoms with Crippen molar-refractivity contribution < 1.29 is 22.4 Å². The summed E-state index contributed by atoms with van der Waals surface area (Å²) < 4.78 is 42.8. The highest BCUT2D eigenvalue weighted by Crippen LogP contribution is 2.27. The second kappa shape index (κ2) is 13.8. The summed E-state index contributed by atoms with van der Waals surface area (Å²) in [4.78, 5) is 28.9. The number of benzene rings is 3. The van der Waals surface area contributed by atoms with Gasteiger partial charge >= 0.3 is 0 Å². The van der Waals surface area contributed by atoms with Crippen LogP contribution in [0.3, 0.4) is 0 Å². The van der Waals surface area contributed by atoms with Crippen LogP contribution in [0.2, 0.25) is 0 Å². The molecule has 0 aliphatic heterocycles. The van der Waals surface area contributed by atoms with E-state index in [1.54, 1.807) is 43.3 Å². The maximum Gasteiger partial charge on any atom is 0.264 e. The minimum Gasteiger partial charge on any atom is -0.352 e. The van der Waals surface area contributed by atoms with E-state index in [4.69, 9.17) is 0 Å². The molecule has 3 aromatic carbocycles. The Labute approximate surface area is 243 Å². The van der Waals surface area contributed by atoms with Crippen LogP contribution in [-0.2, 0) is 26.2 Å². The minimum absolute atomic E-state index is 0.0107. The zero-order valence-corrected chi connectivity index (χ0v) is 25.5. The van der Waals surface area contributed by atoms with Crippen LogP contribution in [-0.4, -0.2) is 43.8 Å². The maximum atomic E-state index is 14.1. The number of rotatable bonds is 12. The topological polar surface area (TPSA) is 86.8 Å². The van der Waals surface area contributed by atoms with Crippen molar-refractivity contribution in [1.82, 2.24) is 10.2 Å². The SMILES string of the molecule is CCC(C)NC(=O)C(CC)N(Cc1ccc(F)cc1)C(=O)CN(c1cc(C)cc(C)c1)S(=O)(=O)c1ccc(C)cc1. The molecule has 7 nitrogen and oxygen atoms in total. The number of aryl methyl sites for hydroxylation is 3. The largest absolute Gasteiger partial charge is 0.352 e. The minimum atomic E-state index is -4.15. The van der Waals surface area contributed by atoms with E-state index in [1.165, 1.54) is 29.2 Å². The molecule has 0 saturated carbocycles. The van der Waals surface area contributed by atoms with Gasteiger partial charge in [0.15, 0.2) is 0 Å². The van der Waals surface area contributed by atoms with E-state index < -0.39 is 34.3 Å². The first-order valence-corrected chi connectivity index (χ1v) is 15.3. The van der Waals surface area contributed by atoms with Gasteiger partial charge in [-0.25, -0.2) is 12.8 Å². The zero-order chi connectivity index (χ0) is 30.3. The number of hydrogen-bond donors (Lipinski definition) is 1. The van der Waals surface area contributed by atoms with Gasteiger partial charge < -0.3 is 10.2 Å². The highest BCUT2D eigenvalue weighted by molar-refractivity contribution is 7.92. The second-order valence-electron chi connectivity index (χ2n) is 10.6. The number of nitrogens with zero attached hydrogens (tertiary/aromatic N) is 2. The lowest BCUT2D eigenvalue weighted by molar-refractivity contribution is -0.140. The van der Waals surface area contributed by atoms with Crippen molar-refractivity contribution in [2.24, 2.45) is 0 Å². The van der Waals surface area contributed by atoms with Gasteiger partial charge in [0.25, 0.3) is 10.0 Å². The van der Waals surface area contributed by atoms with Crippen LogP contribution in [0.15, 0.2) is 71.6 Å². The van der Waals surface area contributed by atoms with Crippen molar-refractivity contribution in [3.63, 3.8) is 0 Å². The highest BCUT2D eigenvalue weighted by atomic mass is 32.2. The number of carbonyl (C=O) groups is 2. The van der Waals surface area contributed by atoms with E-state index in [0.29, 0.717) is 24.1 Å². The molecular formula is C32H40FN3O4S. The molecule has 2 unspecified atom stereocenters. The summed E-state index contributed by atoms with van der Waals surface area (Å²) in [6.45, 7) is 10.7. The van der Waals surface area contributed by atoms with Crippen LogP contribution in [0.25, 0.3) is 0 Å². The lowest BCUT2D eigenvalue weighted by Gasteiger charge is -2.34. The lowest BCUT2D eigenvalue weighted by Crippen LogP contribution is -2.53. The van der Waals surface area contributed by atoms with Crippen LogP contribution < -0.4 is 9.62 Å². The molecule has 3 rings (SSSR count). The summed E-state index contributed by atoms with van der Waals surface area (Å²) >= 11 is 0. The molecule has 0 heterocycles. The van der Waals surface area contributed by atoms with Gasteiger partial charge in [0, 0.05) is 12.6 Å². The fraction of sp³-hybridized carbons (Fsp3) is 0.375. The standard InChI is InChI=1S/C32H40FN3O4S/c1-7-25(6)34-32(38)30(8-2)35(20-26-11-13-27(33)14-12-26)31(37)21-36(28-18-23(4)17-24(5)19-28)41(39,40)29-15-9-22(3)10-16-29/h9-19,25,30H,7-8,20-21H2,1-6H3,(H,34,38). The summed E-state index contributed by atoms with van der Waals surface area (Å²) in [5.41, 5.74) is 3.57. The Morgan fingerprint density at radius 1 is 0.854 bits per heavy atom. The fourth-order valence-electron chi connectivity index (χ4n) is 4.61. The van der Waals surface area contributed by atoms with Gasteiger partial charge in [0.2, 0.25) is 11.8 Å². The average molecular weight is 582 g/mol. The summed E-state index contributed by atoms with van der Waals surface area (Å²) in [6, 6.07) is 16.6. The molecule has 0 fully saturated rings. The third-order valence-electron chi connectivity index (χ3n) is 7.04. The van der Waals surface area contributed by atoms with E-state index in [0.717, 1.165) is 21.0 Å². The van der Waals surface area contributed by atoms with Crippen LogP contribution in [0.5, 0.6) is 0 Å². The van der Waals surface area contributed by atoms with Gasteiger partial charge in [-0.1, -0.05) is 49.7 Å². The van der Waals surface area contributed by atoms with E-state index in [-0.39, 0.29) is 23.4 Å². The van der Waals surface area contributed by atoms with Crippen LogP contribution >= 0.6 is 0 Å². The molecule has 0 bridgehead atoms. The monoisotopic (exact) mass is 581 g/mol. The number of sulfonamides is 1. The molecule has 0 saturated heterocycles. The molecule has 0 aliphatic rings. The Kier molecular flexibility index (Phi) is 10.7. The van der Waals surface area contributed by atoms with Gasteiger partial charge in [-0.15, -0.1) is 0 Å². The van der Waals surface area contributed by atoms with Crippen LogP contribution in [0.4, 0.5) is 10.1 Å². The molecule has 3 aromatic rings. The molecule has 1 N–H and O–H groups in total. The van der Waals surface area contributed by atoms with Crippen molar-refractivity contribution in [1.29, 1.82) is 0 Å². The first kappa shape index (κ1) is 31.8. The van der Waals surface area contributed by atoms with E-state index >= 15 is 0 Å². The van der Waals surface area contributed by atoms with Crippen molar-refractivity contribution in [2.75, 3.05) is 10.8 Å². The molecule has 220 valence electrons. The predicted molar refractivity (Wildman–Crippen MR) is 161 cm³/mol. The van der Waals surface area contributed by atoms with E-state index in [1.807, 2.05) is 40.7 Å². The van der Waals surface area contributed by atoms with Crippen molar-refractivity contribution in [3.8, 4) is 0 Å². The Morgan fingerprint density at radius 2 is 1.44 bits per heavy atom. The van der Waals surface area contributed by atoms with Crippen molar-refractivity contribution >= 4 is 27.5 Å². The van der Waals surface area contributed by atoms with Gasteiger partial charge in [0.1, 0.15) is 18.4 Å². The number of amides is 2. The molecule has 9 heteroatoms. The number of carbonyl (C=O) groups excluding carboxylic acids is 2. The molecule has 41 heavy (non-hydrogen) atoms. The molecule has 2 amide bonds. The number of nitrogens with one attached hydrogen (secondary N) is 1. The highest BCUT2D eigenvalue weighted by Gasteiger charge is 2.34. The molecule has 0 spiro atoms. The second-order valence-corrected chi connectivity index (χ2v) is 12.4. The molecule has 0 radical (unpaired) electrons. The lowest BCUT2D eigenvalue weighted by atomic mass is 10.1. The normalized spacial score (nSPS) is 12.9. The van der Waals surface area contributed by atoms with Gasteiger partial charge in [0.05, 0.1) is 10.6 Å². The van der Waals surface area contributed by atoms with Crippen LogP contribution in [0, 0.1) is 26.6 Å². The van der Waals surface area contributed by atoms with Crippen LogP contribution in [0.1, 0.15) is 55.9 Å². The van der Waals surface area contributed by atoms with E-state index in [9.17, 15) is 22.4 Å². The van der Waals surface area contributed by atoms with E-state index in [2.05, 4.69) is 5.32 Å². The summed E-state index contributed by atoms with van der Waals surface area (Å²) in [5.74, 6) is -1.29. The summed E-state index contributed by atoms with van der Waals surface area (Å²) in [7, 11) is -4.15. The van der Waals surface area contributed by atoms with Gasteiger partial charge in [-0.3, -0.25) is 13.9 Å². The summed E-state index contributed by atoms with van der Waals surface area (Å²) in [5, 5.41) is 2.95. The number of halogens is 1. The van der Waals surface area contributed by atoms with Crippen molar-refractivity contribution in [2.45, 2.75) is 77.9 Å². The number of hydrogen-bond acceptors (Lipinski definition) is 4. The molecule has 0 aliphatic carbocycles. The third kappa shape index (κ3) is 8.16. The first-order valence-electron chi connectivity index (χ1n) is 13.9. The Morgan fingerprint density at radius 3 is 1.98 bits per heavy atom. The smallest absolute Gasteiger partial charge is 0.264 e. The zero-order valence-electron chi connectivity index (χ0n) is 24.6.